The summed E-state index contributed by atoms with van der Waals surface area (Å²) in [6.45, 7) is 7.21. The van der Waals surface area contributed by atoms with Crippen LogP contribution in [-0.4, -0.2) is 45.8 Å². The van der Waals surface area contributed by atoms with E-state index in [1.54, 1.807) is 6.20 Å². The molecule has 0 spiro atoms. The van der Waals surface area contributed by atoms with Crippen molar-refractivity contribution < 1.29 is 4.79 Å². The van der Waals surface area contributed by atoms with E-state index in [9.17, 15) is 4.79 Å². The molecule has 1 aromatic rings. The number of rotatable bonds is 5. The molecular weight excluding hydrogens is 312 g/mol. The second-order valence-electron chi connectivity index (χ2n) is 7.82. The van der Waals surface area contributed by atoms with Gasteiger partial charge in [0.2, 0.25) is 0 Å². The highest BCUT2D eigenvalue weighted by molar-refractivity contribution is 5.95. The minimum absolute atomic E-state index is 0.0487. The maximum absolute atomic E-state index is 12.7. The third-order valence-corrected chi connectivity index (χ3v) is 5.91. The van der Waals surface area contributed by atoms with Gasteiger partial charge in [-0.1, -0.05) is 32.6 Å². The molecule has 1 saturated carbocycles. The smallest absolute Gasteiger partial charge is 0.255 e. The summed E-state index contributed by atoms with van der Waals surface area (Å²) in [5, 5.41) is 7.65. The van der Waals surface area contributed by atoms with Crippen LogP contribution < -0.4 is 5.32 Å². The van der Waals surface area contributed by atoms with Gasteiger partial charge in [-0.25, -0.2) is 0 Å². The third kappa shape index (κ3) is 4.63. The molecule has 2 aliphatic rings. The van der Waals surface area contributed by atoms with Crippen molar-refractivity contribution >= 4 is 5.91 Å². The number of nitrogens with zero attached hydrogens (tertiary/aromatic N) is 3. The fourth-order valence-corrected chi connectivity index (χ4v) is 4.45. The summed E-state index contributed by atoms with van der Waals surface area (Å²) in [4.78, 5) is 15.4. The Kier molecular flexibility index (Phi) is 6.51. The van der Waals surface area contributed by atoms with E-state index in [2.05, 4.69) is 22.2 Å². The zero-order valence-corrected chi connectivity index (χ0v) is 16.0. The van der Waals surface area contributed by atoms with Crippen LogP contribution in [0.1, 0.15) is 80.8 Å². The lowest BCUT2D eigenvalue weighted by Gasteiger charge is -2.38. The van der Waals surface area contributed by atoms with Crippen LogP contribution in [0.25, 0.3) is 0 Å². The summed E-state index contributed by atoms with van der Waals surface area (Å²) in [6, 6.07) is 1.01. The molecule has 1 saturated heterocycles. The highest BCUT2D eigenvalue weighted by atomic mass is 16.1. The van der Waals surface area contributed by atoms with E-state index >= 15 is 0 Å². The van der Waals surface area contributed by atoms with Gasteiger partial charge in [-0.2, -0.15) is 5.10 Å². The van der Waals surface area contributed by atoms with E-state index in [0.717, 1.165) is 43.2 Å². The number of carbonyl (C=O) groups is 1. The Balaban J connectivity index is 1.57. The summed E-state index contributed by atoms with van der Waals surface area (Å²) in [5.74, 6) is 0.0487. The van der Waals surface area contributed by atoms with E-state index in [-0.39, 0.29) is 11.9 Å². The van der Waals surface area contributed by atoms with Crippen molar-refractivity contribution in [3.05, 3.63) is 17.5 Å². The summed E-state index contributed by atoms with van der Waals surface area (Å²) in [7, 11) is 0. The first-order valence-corrected chi connectivity index (χ1v) is 10.3. The Bertz CT molecular complexity index is 560. The zero-order valence-electron chi connectivity index (χ0n) is 16.0. The van der Waals surface area contributed by atoms with Crippen molar-refractivity contribution in [2.75, 3.05) is 13.1 Å². The van der Waals surface area contributed by atoms with Crippen molar-refractivity contribution in [1.82, 2.24) is 20.0 Å². The number of hydrogen-bond acceptors (Lipinski definition) is 3. The van der Waals surface area contributed by atoms with Gasteiger partial charge in [0.1, 0.15) is 0 Å². The zero-order chi connectivity index (χ0) is 17.6. The number of aryl methyl sites for hydroxylation is 1. The Morgan fingerprint density at radius 2 is 1.96 bits per heavy atom. The minimum atomic E-state index is 0.0487. The average Bonchev–Trinajstić information content (AvgIpc) is 2.82. The van der Waals surface area contributed by atoms with Gasteiger partial charge in [-0.15, -0.1) is 0 Å². The van der Waals surface area contributed by atoms with Crippen LogP contribution in [0.15, 0.2) is 6.20 Å². The van der Waals surface area contributed by atoms with Crippen molar-refractivity contribution in [3.8, 4) is 0 Å². The lowest BCUT2D eigenvalue weighted by molar-refractivity contribution is 0.0860. The van der Waals surface area contributed by atoms with Crippen molar-refractivity contribution in [2.45, 2.75) is 90.3 Å². The van der Waals surface area contributed by atoms with E-state index in [1.165, 1.54) is 51.5 Å². The van der Waals surface area contributed by atoms with Crippen LogP contribution in [0.4, 0.5) is 0 Å². The van der Waals surface area contributed by atoms with Crippen LogP contribution in [0, 0.1) is 6.92 Å². The lowest BCUT2D eigenvalue weighted by atomic mass is 9.99. The van der Waals surface area contributed by atoms with Gasteiger partial charge in [0.25, 0.3) is 5.91 Å². The normalized spacial score (nSPS) is 23.4. The highest BCUT2D eigenvalue weighted by Crippen LogP contribution is 2.25. The molecule has 1 aliphatic heterocycles. The predicted molar refractivity (Wildman–Crippen MR) is 101 cm³/mol. The van der Waals surface area contributed by atoms with Gasteiger partial charge in [0.15, 0.2) is 0 Å². The first-order chi connectivity index (χ1) is 12.2. The molecule has 1 aliphatic carbocycles. The Morgan fingerprint density at radius 1 is 1.20 bits per heavy atom. The number of aromatic nitrogens is 2. The van der Waals surface area contributed by atoms with Gasteiger partial charge >= 0.3 is 0 Å². The number of carbonyl (C=O) groups excluding carboxylic acids is 1. The molecule has 1 aromatic heterocycles. The quantitative estimate of drug-likeness (QED) is 0.830. The third-order valence-electron chi connectivity index (χ3n) is 5.91. The van der Waals surface area contributed by atoms with Crippen molar-refractivity contribution in [1.29, 1.82) is 0 Å². The topological polar surface area (TPSA) is 50.2 Å². The van der Waals surface area contributed by atoms with E-state index in [1.807, 2.05) is 11.6 Å². The molecule has 3 rings (SSSR count). The van der Waals surface area contributed by atoms with Crippen LogP contribution in [0.3, 0.4) is 0 Å². The van der Waals surface area contributed by atoms with E-state index in [4.69, 9.17) is 0 Å². The Morgan fingerprint density at radius 3 is 2.68 bits per heavy atom. The average molecular weight is 347 g/mol. The maximum atomic E-state index is 12.7. The molecule has 25 heavy (non-hydrogen) atoms. The molecule has 0 radical (unpaired) electrons. The van der Waals surface area contributed by atoms with Crippen molar-refractivity contribution in [2.24, 2.45) is 0 Å². The Labute approximate surface area is 152 Å². The van der Waals surface area contributed by atoms with Crippen LogP contribution in [0.2, 0.25) is 0 Å². The van der Waals surface area contributed by atoms with E-state index in [0.29, 0.717) is 0 Å². The number of piperidine rings is 1. The molecule has 5 nitrogen and oxygen atoms in total. The number of amides is 1. The molecule has 2 heterocycles. The molecule has 1 amide bonds. The van der Waals surface area contributed by atoms with Gasteiger partial charge < -0.3 is 5.32 Å². The minimum Gasteiger partial charge on any atom is -0.348 e. The SMILES string of the molecule is CCCn1ncc(C(=O)NC2CCCN(C3CCCCCC3)C2)c1C. The summed E-state index contributed by atoms with van der Waals surface area (Å²) in [6.07, 6.45) is 13.2. The summed E-state index contributed by atoms with van der Waals surface area (Å²) in [5.41, 5.74) is 1.72. The molecular formula is C20H34N4O. The van der Waals surface area contributed by atoms with Gasteiger partial charge in [0, 0.05) is 30.9 Å². The standard InChI is InChI=1S/C20H34N4O/c1-3-12-24-16(2)19(14-21-24)20(25)22-17-9-8-13-23(15-17)18-10-6-4-5-7-11-18/h14,17-18H,3-13,15H2,1-2H3,(H,22,25). The first kappa shape index (κ1) is 18.4. The number of nitrogens with one attached hydrogen (secondary N) is 1. The van der Waals surface area contributed by atoms with Crippen molar-refractivity contribution in [3.63, 3.8) is 0 Å². The van der Waals surface area contributed by atoms with Gasteiger partial charge in [-0.05, 0) is 45.6 Å². The maximum Gasteiger partial charge on any atom is 0.255 e. The lowest BCUT2D eigenvalue weighted by Crippen LogP contribution is -2.51. The largest absolute Gasteiger partial charge is 0.348 e. The molecule has 1 N–H and O–H groups in total. The highest BCUT2D eigenvalue weighted by Gasteiger charge is 2.28. The fraction of sp³-hybridized carbons (Fsp3) is 0.800. The molecule has 0 bridgehead atoms. The molecule has 140 valence electrons. The van der Waals surface area contributed by atoms with Crippen LogP contribution in [-0.2, 0) is 6.54 Å². The molecule has 2 fully saturated rings. The molecule has 0 aromatic carbocycles. The van der Waals surface area contributed by atoms with Crippen LogP contribution >= 0.6 is 0 Å². The predicted octanol–water partition coefficient (Wildman–Crippen LogP) is 3.52. The van der Waals surface area contributed by atoms with Gasteiger partial charge in [-0.3, -0.25) is 14.4 Å². The fourth-order valence-electron chi connectivity index (χ4n) is 4.45. The second-order valence-corrected chi connectivity index (χ2v) is 7.82. The summed E-state index contributed by atoms with van der Waals surface area (Å²) < 4.78 is 1.94. The van der Waals surface area contributed by atoms with Crippen LogP contribution in [0.5, 0.6) is 0 Å². The monoisotopic (exact) mass is 346 g/mol. The Hall–Kier alpha value is -1.36. The first-order valence-electron chi connectivity index (χ1n) is 10.3. The molecule has 5 heteroatoms. The summed E-state index contributed by atoms with van der Waals surface area (Å²) >= 11 is 0. The second kappa shape index (κ2) is 8.84. The molecule has 1 unspecified atom stereocenters. The molecule has 1 atom stereocenters. The van der Waals surface area contributed by atoms with E-state index < -0.39 is 0 Å². The number of likely N-dealkylation sites (tertiary alicyclic amines) is 1. The van der Waals surface area contributed by atoms with Gasteiger partial charge in [0.05, 0.1) is 11.8 Å². The number of hydrogen-bond donors (Lipinski definition) is 1.